The Hall–Kier alpha value is -0.980. The van der Waals surface area contributed by atoms with Crippen molar-refractivity contribution in [3.63, 3.8) is 0 Å². The molecule has 106 valence electrons. The molecule has 2 N–H and O–H groups in total. The van der Waals surface area contributed by atoms with Gasteiger partial charge in [-0.1, -0.05) is 18.9 Å². The summed E-state index contributed by atoms with van der Waals surface area (Å²) >= 11 is 0. The molecular weight excluding hydrogens is 269 g/mol. The molecule has 0 bridgehead atoms. The van der Waals surface area contributed by atoms with Crippen molar-refractivity contribution in [2.24, 2.45) is 5.92 Å². The lowest BCUT2D eigenvalue weighted by Gasteiger charge is -2.14. The summed E-state index contributed by atoms with van der Waals surface area (Å²) < 4.78 is 40.3. The van der Waals surface area contributed by atoms with Crippen molar-refractivity contribution in [2.75, 3.05) is 0 Å². The van der Waals surface area contributed by atoms with E-state index in [9.17, 15) is 12.8 Å². The Morgan fingerprint density at radius 2 is 2.16 bits per heavy atom. The summed E-state index contributed by atoms with van der Waals surface area (Å²) in [6.07, 6.45) is 3.06. The van der Waals surface area contributed by atoms with Gasteiger partial charge >= 0.3 is 0 Å². The minimum absolute atomic E-state index is 0.213. The Balaban J connectivity index is 2.17. The number of halogens is 1. The van der Waals surface area contributed by atoms with Gasteiger partial charge < -0.3 is 5.11 Å². The fourth-order valence-electron chi connectivity index (χ4n) is 2.08. The minimum atomic E-state index is -3.88. The van der Waals surface area contributed by atoms with E-state index in [0.717, 1.165) is 25.3 Å². The maximum Gasteiger partial charge on any atom is 0.243 e. The summed E-state index contributed by atoms with van der Waals surface area (Å²) in [5.74, 6) is -0.213. The first-order valence-electron chi connectivity index (χ1n) is 6.34. The Labute approximate surface area is 112 Å². The van der Waals surface area contributed by atoms with Gasteiger partial charge in [-0.15, -0.1) is 0 Å². The molecule has 1 atom stereocenters. The number of nitrogens with one attached hydrogen (secondary N) is 1. The molecule has 0 aromatic heterocycles. The van der Waals surface area contributed by atoms with E-state index in [1.54, 1.807) is 6.92 Å². The molecule has 0 saturated heterocycles. The van der Waals surface area contributed by atoms with Crippen LogP contribution in [0.3, 0.4) is 0 Å². The quantitative estimate of drug-likeness (QED) is 0.838. The largest absolute Gasteiger partial charge is 0.392 e. The molecular formula is C13H18FNO3S. The van der Waals surface area contributed by atoms with Crippen molar-refractivity contribution in [1.82, 2.24) is 4.72 Å². The molecule has 0 heterocycles. The Bertz CT molecular complexity index is 555. The number of aliphatic hydroxyl groups excluding tert-OH is 1. The third-order valence-electron chi connectivity index (χ3n) is 3.21. The van der Waals surface area contributed by atoms with Crippen molar-refractivity contribution >= 4 is 10.0 Å². The van der Waals surface area contributed by atoms with E-state index in [1.165, 1.54) is 12.1 Å². The lowest BCUT2D eigenvalue weighted by Crippen LogP contribution is -2.33. The molecule has 1 unspecified atom stereocenters. The van der Waals surface area contributed by atoms with Crippen LogP contribution in [0.2, 0.25) is 0 Å². The minimum Gasteiger partial charge on any atom is -0.392 e. The van der Waals surface area contributed by atoms with Crippen molar-refractivity contribution in [1.29, 1.82) is 0 Å². The van der Waals surface area contributed by atoms with Gasteiger partial charge in [0.15, 0.2) is 0 Å². The van der Waals surface area contributed by atoms with Crippen LogP contribution in [-0.2, 0) is 16.6 Å². The van der Waals surface area contributed by atoms with Crippen LogP contribution in [0.15, 0.2) is 23.1 Å². The maximum atomic E-state index is 13.6. The number of sulfonamides is 1. The van der Waals surface area contributed by atoms with E-state index in [0.29, 0.717) is 11.5 Å². The normalized spacial score (nSPS) is 17.4. The Morgan fingerprint density at radius 1 is 1.47 bits per heavy atom. The Morgan fingerprint density at radius 3 is 2.74 bits per heavy atom. The standard InChI is InChI=1S/C13H18FNO3S/c1-9(6-10-2-3-10)15-19(17,18)13-7-11(8-16)4-5-12(13)14/h4-5,7,9-10,15-16H,2-3,6,8H2,1H3. The molecule has 6 heteroatoms. The highest BCUT2D eigenvalue weighted by Gasteiger charge is 2.27. The number of rotatable bonds is 6. The lowest BCUT2D eigenvalue weighted by atomic mass is 10.2. The van der Waals surface area contributed by atoms with Crippen LogP contribution in [0.4, 0.5) is 4.39 Å². The zero-order valence-electron chi connectivity index (χ0n) is 10.8. The average Bonchev–Trinajstić information content (AvgIpc) is 3.12. The van der Waals surface area contributed by atoms with Crippen molar-refractivity contribution < 1.29 is 17.9 Å². The topological polar surface area (TPSA) is 66.4 Å². The molecule has 1 aliphatic carbocycles. The van der Waals surface area contributed by atoms with E-state index >= 15 is 0 Å². The molecule has 2 rings (SSSR count). The summed E-state index contributed by atoms with van der Waals surface area (Å²) in [5, 5.41) is 8.99. The summed E-state index contributed by atoms with van der Waals surface area (Å²) in [6.45, 7) is 1.46. The molecule has 1 aromatic rings. The van der Waals surface area contributed by atoms with Gasteiger partial charge in [-0.3, -0.25) is 0 Å². The second kappa shape index (κ2) is 5.56. The highest BCUT2D eigenvalue weighted by molar-refractivity contribution is 7.89. The lowest BCUT2D eigenvalue weighted by molar-refractivity contribution is 0.281. The van der Waals surface area contributed by atoms with Gasteiger partial charge in [0, 0.05) is 6.04 Å². The van der Waals surface area contributed by atoms with Gasteiger partial charge in [0.1, 0.15) is 10.7 Å². The highest BCUT2D eigenvalue weighted by atomic mass is 32.2. The number of aliphatic hydroxyl groups is 1. The summed E-state index contributed by atoms with van der Waals surface area (Å²) in [5.41, 5.74) is 0.372. The first-order valence-corrected chi connectivity index (χ1v) is 7.82. The van der Waals surface area contributed by atoms with E-state index in [4.69, 9.17) is 5.11 Å². The molecule has 0 spiro atoms. The fourth-order valence-corrected chi connectivity index (χ4v) is 3.47. The molecule has 0 radical (unpaired) electrons. The van der Waals surface area contributed by atoms with Crippen molar-refractivity contribution in [3.8, 4) is 0 Å². The van der Waals surface area contributed by atoms with Crippen LogP contribution >= 0.6 is 0 Å². The van der Waals surface area contributed by atoms with Gasteiger partial charge in [0.25, 0.3) is 0 Å². The molecule has 0 aliphatic heterocycles. The van der Waals surface area contributed by atoms with Gasteiger partial charge in [-0.05, 0) is 37.0 Å². The smallest absolute Gasteiger partial charge is 0.243 e. The molecule has 0 amide bonds. The predicted molar refractivity (Wildman–Crippen MR) is 69.4 cm³/mol. The van der Waals surface area contributed by atoms with Gasteiger partial charge in [-0.25, -0.2) is 17.5 Å². The van der Waals surface area contributed by atoms with Crippen LogP contribution in [0.5, 0.6) is 0 Å². The molecule has 19 heavy (non-hydrogen) atoms. The second-order valence-electron chi connectivity index (χ2n) is 5.12. The fraction of sp³-hybridized carbons (Fsp3) is 0.538. The molecule has 1 saturated carbocycles. The van der Waals surface area contributed by atoms with E-state index in [1.807, 2.05) is 0 Å². The second-order valence-corrected chi connectivity index (χ2v) is 6.81. The first kappa shape index (κ1) is 14.4. The predicted octanol–water partition coefficient (Wildman–Crippen LogP) is 1.78. The average molecular weight is 287 g/mol. The summed E-state index contributed by atoms with van der Waals surface area (Å²) in [7, 11) is -3.88. The number of benzene rings is 1. The van der Waals surface area contributed by atoms with E-state index in [2.05, 4.69) is 4.72 Å². The molecule has 1 fully saturated rings. The van der Waals surface area contributed by atoms with Gasteiger partial charge in [-0.2, -0.15) is 0 Å². The van der Waals surface area contributed by atoms with E-state index in [-0.39, 0.29) is 12.6 Å². The van der Waals surface area contributed by atoms with Crippen LogP contribution in [0.1, 0.15) is 31.7 Å². The van der Waals surface area contributed by atoms with E-state index < -0.39 is 20.7 Å². The van der Waals surface area contributed by atoms with Crippen LogP contribution < -0.4 is 4.72 Å². The van der Waals surface area contributed by atoms with Crippen LogP contribution in [-0.4, -0.2) is 19.6 Å². The number of hydrogen-bond acceptors (Lipinski definition) is 3. The zero-order valence-corrected chi connectivity index (χ0v) is 11.6. The third-order valence-corrected chi connectivity index (χ3v) is 4.81. The first-order chi connectivity index (χ1) is 8.92. The highest BCUT2D eigenvalue weighted by Crippen LogP contribution is 2.33. The van der Waals surface area contributed by atoms with Gasteiger partial charge in [0.2, 0.25) is 10.0 Å². The van der Waals surface area contributed by atoms with Crippen molar-refractivity contribution in [2.45, 2.75) is 43.7 Å². The van der Waals surface area contributed by atoms with Crippen molar-refractivity contribution in [3.05, 3.63) is 29.6 Å². The summed E-state index contributed by atoms with van der Waals surface area (Å²) in [4.78, 5) is -0.401. The van der Waals surface area contributed by atoms with Gasteiger partial charge in [0.05, 0.1) is 6.61 Å². The molecule has 1 aliphatic rings. The molecule has 4 nitrogen and oxygen atoms in total. The van der Waals surface area contributed by atoms with Crippen LogP contribution in [0, 0.1) is 11.7 Å². The zero-order chi connectivity index (χ0) is 14.0. The SMILES string of the molecule is CC(CC1CC1)NS(=O)(=O)c1cc(CO)ccc1F. The molecule has 1 aromatic carbocycles. The monoisotopic (exact) mass is 287 g/mol. The van der Waals surface area contributed by atoms with Crippen LogP contribution in [0.25, 0.3) is 0 Å². The Kier molecular flexibility index (Phi) is 4.23. The maximum absolute atomic E-state index is 13.6. The third kappa shape index (κ3) is 3.75. The summed E-state index contributed by atoms with van der Waals surface area (Å²) in [6, 6.07) is 3.38. The number of hydrogen-bond donors (Lipinski definition) is 2.